The molecule has 0 fully saturated rings. The molecule has 0 radical (unpaired) electrons. The highest BCUT2D eigenvalue weighted by Crippen LogP contribution is 2.10. The normalized spacial score (nSPS) is 10.1. The number of carbonyl (C=O) groups excluding carboxylic acids is 2. The maximum absolute atomic E-state index is 11.2. The topological polar surface area (TPSA) is 123 Å². The van der Waals surface area contributed by atoms with Gasteiger partial charge in [-0.05, 0) is 18.4 Å². The maximum atomic E-state index is 11.2. The third kappa shape index (κ3) is 4.94. The SMILES string of the molecule is NC(=O)NC(=O)Nc1nnc(CCCc2ccccc2)o1. The molecule has 0 bridgehead atoms. The van der Waals surface area contributed by atoms with Gasteiger partial charge in [0.1, 0.15) is 0 Å². The number of benzene rings is 1. The molecule has 0 aliphatic heterocycles. The van der Waals surface area contributed by atoms with E-state index in [0.29, 0.717) is 12.3 Å². The van der Waals surface area contributed by atoms with Gasteiger partial charge in [0, 0.05) is 6.42 Å². The van der Waals surface area contributed by atoms with Gasteiger partial charge in [0.15, 0.2) is 0 Å². The largest absolute Gasteiger partial charge is 0.408 e. The van der Waals surface area contributed by atoms with Crippen LogP contribution >= 0.6 is 0 Å². The lowest BCUT2D eigenvalue weighted by molar-refractivity contribution is 0.238. The van der Waals surface area contributed by atoms with E-state index in [1.54, 1.807) is 0 Å². The molecule has 1 aromatic heterocycles. The number of hydrogen-bond donors (Lipinski definition) is 3. The molecule has 0 atom stereocenters. The van der Waals surface area contributed by atoms with Crippen LogP contribution in [0.3, 0.4) is 0 Å². The highest BCUT2D eigenvalue weighted by atomic mass is 16.4. The lowest BCUT2D eigenvalue weighted by Gasteiger charge is -1.99. The molecule has 1 aromatic carbocycles. The number of carbonyl (C=O) groups is 2. The fraction of sp³-hybridized carbons (Fsp3) is 0.231. The van der Waals surface area contributed by atoms with Crippen LogP contribution in [0.15, 0.2) is 34.7 Å². The Morgan fingerprint density at radius 1 is 1.14 bits per heavy atom. The zero-order valence-electron chi connectivity index (χ0n) is 11.2. The summed E-state index contributed by atoms with van der Waals surface area (Å²) in [6.07, 6.45) is 2.34. The van der Waals surface area contributed by atoms with Crippen molar-refractivity contribution in [3.63, 3.8) is 0 Å². The highest BCUT2D eigenvalue weighted by Gasteiger charge is 2.10. The predicted octanol–water partition coefficient (Wildman–Crippen LogP) is 1.45. The van der Waals surface area contributed by atoms with Gasteiger partial charge in [0.05, 0.1) is 0 Å². The van der Waals surface area contributed by atoms with E-state index in [0.717, 1.165) is 12.8 Å². The van der Waals surface area contributed by atoms with E-state index < -0.39 is 12.1 Å². The van der Waals surface area contributed by atoms with Crippen LogP contribution in [-0.4, -0.2) is 22.3 Å². The fourth-order valence-corrected chi connectivity index (χ4v) is 1.73. The summed E-state index contributed by atoms with van der Waals surface area (Å²) in [4.78, 5) is 21.6. The molecule has 0 aliphatic rings. The van der Waals surface area contributed by atoms with Crippen LogP contribution in [0, 0.1) is 0 Å². The van der Waals surface area contributed by atoms with Gasteiger partial charge in [-0.2, -0.15) is 0 Å². The van der Waals surface area contributed by atoms with Crippen molar-refractivity contribution >= 4 is 18.1 Å². The minimum Gasteiger partial charge on any atom is -0.408 e. The van der Waals surface area contributed by atoms with Crippen LogP contribution in [0.1, 0.15) is 17.9 Å². The van der Waals surface area contributed by atoms with E-state index in [2.05, 4.69) is 27.6 Å². The van der Waals surface area contributed by atoms with Crippen molar-refractivity contribution in [1.82, 2.24) is 15.5 Å². The van der Waals surface area contributed by atoms with Crippen LogP contribution in [0.5, 0.6) is 0 Å². The molecule has 0 spiro atoms. The molecule has 2 aromatic rings. The maximum Gasteiger partial charge on any atom is 0.330 e. The van der Waals surface area contributed by atoms with Crippen molar-refractivity contribution in [3.05, 3.63) is 41.8 Å². The van der Waals surface area contributed by atoms with Crippen LogP contribution in [0.4, 0.5) is 15.6 Å². The third-order valence-corrected chi connectivity index (χ3v) is 2.62. The van der Waals surface area contributed by atoms with Crippen molar-refractivity contribution in [2.45, 2.75) is 19.3 Å². The van der Waals surface area contributed by atoms with E-state index in [-0.39, 0.29) is 6.01 Å². The zero-order valence-corrected chi connectivity index (χ0v) is 11.2. The van der Waals surface area contributed by atoms with Crippen LogP contribution in [0.25, 0.3) is 0 Å². The van der Waals surface area contributed by atoms with Gasteiger partial charge in [0.25, 0.3) is 0 Å². The van der Waals surface area contributed by atoms with Gasteiger partial charge in [-0.15, -0.1) is 5.10 Å². The van der Waals surface area contributed by atoms with Gasteiger partial charge >= 0.3 is 18.1 Å². The summed E-state index contributed by atoms with van der Waals surface area (Å²) in [5.74, 6) is 0.417. The molecule has 0 unspecified atom stereocenters. The second-order valence-corrected chi connectivity index (χ2v) is 4.28. The molecule has 2 rings (SSSR count). The van der Waals surface area contributed by atoms with E-state index >= 15 is 0 Å². The van der Waals surface area contributed by atoms with Gasteiger partial charge in [-0.3, -0.25) is 10.6 Å². The molecule has 110 valence electrons. The first-order valence-electron chi connectivity index (χ1n) is 6.37. The molecule has 4 amide bonds. The molecule has 1 heterocycles. The van der Waals surface area contributed by atoms with Crippen LogP contribution in [-0.2, 0) is 12.8 Å². The summed E-state index contributed by atoms with van der Waals surface area (Å²) in [7, 11) is 0. The number of anilines is 1. The first-order chi connectivity index (χ1) is 10.1. The lowest BCUT2D eigenvalue weighted by Crippen LogP contribution is -2.38. The minimum atomic E-state index is -0.963. The Labute approximate surface area is 120 Å². The molecular weight excluding hydrogens is 274 g/mol. The van der Waals surface area contributed by atoms with Crippen molar-refractivity contribution in [2.75, 3.05) is 5.32 Å². The smallest absolute Gasteiger partial charge is 0.330 e. The number of nitrogens with zero attached hydrogens (tertiary/aromatic N) is 2. The third-order valence-electron chi connectivity index (χ3n) is 2.62. The lowest BCUT2D eigenvalue weighted by atomic mass is 10.1. The number of nitrogens with one attached hydrogen (secondary N) is 2. The second kappa shape index (κ2) is 7.04. The summed E-state index contributed by atoms with van der Waals surface area (Å²) in [6, 6.07) is 8.18. The number of urea groups is 2. The number of aromatic nitrogens is 2. The van der Waals surface area contributed by atoms with Gasteiger partial charge in [0.2, 0.25) is 5.89 Å². The number of imide groups is 1. The number of nitrogens with two attached hydrogens (primary N) is 1. The number of primary amides is 1. The Morgan fingerprint density at radius 3 is 2.62 bits per heavy atom. The minimum absolute atomic E-state index is 0.0801. The van der Waals surface area contributed by atoms with E-state index in [1.807, 2.05) is 23.5 Å². The molecule has 8 nitrogen and oxygen atoms in total. The van der Waals surface area contributed by atoms with Crippen molar-refractivity contribution in [1.29, 1.82) is 0 Å². The average Bonchev–Trinajstić information content (AvgIpc) is 2.86. The number of hydrogen-bond acceptors (Lipinski definition) is 5. The standard InChI is InChI=1S/C13H15N5O3/c14-11(19)15-12(20)16-13-18-17-10(21-13)8-4-7-9-5-2-1-3-6-9/h1-3,5-6H,4,7-8H2,(H4,14,15,16,18,19,20). The van der Waals surface area contributed by atoms with E-state index in [9.17, 15) is 9.59 Å². The van der Waals surface area contributed by atoms with Crippen molar-refractivity contribution < 1.29 is 14.0 Å². The van der Waals surface area contributed by atoms with Crippen LogP contribution < -0.4 is 16.4 Å². The fourth-order valence-electron chi connectivity index (χ4n) is 1.73. The summed E-state index contributed by atoms with van der Waals surface area (Å²) < 4.78 is 5.23. The Bertz CT molecular complexity index is 611. The van der Waals surface area contributed by atoms with E-state index in [4.69, 9.17) is 10.2 Å². The van der Waals surface area contributed by atoms with E-state index in [1.165, 1.54) is 5.56 Å². The summed E-state index contributed by atoms with van der Waals surface area (Å²) >= 11 is 0. The second-order valence-electron chi connectivity index (χ2n) is 4.28. The molecular formula is C13H15N5O3. The Morgan fingerprint density at radius 2 is 1.90 bits per heavy atom. The van der Waals surface area contributed by atoms with Gasteiger partial charge in [-0.1, -0.05) is 35.4 Å². The zero-order chi connectivity index (χ0) is 15.1. The average molecular weight is 289 g/mol. The summed E-state index contributed by atoms with van der Waals surface area (Å²) in [5.41, 5.74) is 6.03. The van der Waals surface area contributed by atoms with Crippen molar-refractivity contribution in [2.24, 2.45) is 5.73 Å². The van der Waals surface area contributed by atoms with Crippen LogP contribution in [0.2, 0.25) is 0 Å². The molecule has 0 aliphatic carbocycles. The number of rotatable bonds is 5. The highest BCUT2D eigenvalue weighted by molar-refractivity contribution is 5.98. The van der Waals surface area contributed by atoms with Gasteiger partial charge < -0.3 is 10.2 Å². The van der Waals surface area contributed by atoms with Crippen molar-refractivity contribution in [3.8, 4) is 0 Å². The first kappa shape index (κ1) is 14.5. The molecule has 4 N–H and O–H groups in total. The predicted molar refractivity (Wildman–Crippen MR) is 74.5 cm³/mol. The number of amides is 4. The summed E-state index contributed by atoms with van der Waals surface area (Å²) in [6.45, 7) is 0. The Kier molecular flexibility index (Phi) is 4.86. The number of aryl methyl sites for hydroxylation is 2. The Balaban J connectivity index is 1.78. The molecule has 0 saturated heterocycles. The monoisotopic (exact) mass is 289 g/mol. The molecule has 0 saturated carbocycles. The first-order valence-corrected chi connectivity index (χ1v) is 6.37. The Hall–Kier alpha value is -2.90. The molecule has 8 heteroatoms. The van der Waals surface area contributed by atoms with Gasteiger partial charge in [-0.25, -0.2) is 9.59 Å². The summed E-state index contributed by atoms with van der Waals surface area (Å²) in [5, 5.41) is 11.5. The molecule has 21 heavy (non-hydrogen) atoms. The quantitative estimate of drug-likeness (QED) is 0.768.